The van der Waals surface area contributed by atoms with Crippen LogP contribution in [-0.2, 0) is 116 Å². The largest absolute Gasteiger partial charge is 0.506 e. The topological polar surface area (TPSA) is 486 Å². The van der Waals surface area contributed by atoms with Crippen LogP contribution in [0.4, 0.5) is 10.5 Å². The van der Waals surface area contributed by atoms with E-state index >= 15 is 0 Å². The van der Waals surface area contributed by atoms with Gasteiger partial charge in [-0.05, 0) is 159 Å². The first-order valence-electron chi connectivity index (χ1n) is 42.9. The Bertz CT molecular complexity index is 3370. The lowest BCUT2D eigenvalue weighted by Gasteiger charge is -2.32. The van der Waals surface area contributed by atoms with Crippen molar-refractivity contribution < 1.29 is 125 Å². The molecule has 122 heavy (non-hydrogen) atoms. The van der Waals surface area contributed by atoms with E-state index < -0.39 is 127 Å². The minimum atomic E-state index is -1.95. The van der Waals surface area contributed by atoms with Gasteiger partial charge in [0.1, 0.15) is 29.5 Å². The summed E-state index contributed by atoms with van der Waals surface area (Å²) in [5.41, 5.74) is 0.0486. The second kappa shape index (κ2) is 63.8. The summed E-state index contributed by atoms with van der Waals surface area (Å²) in [6, 6.07) is -0.611. The summed E-state index contributed by atoms with van der Waals surface area (Å²) in [5.74, 6) is -10.0. The van der Waals surface area contributed by atoms with Crippen LogP contribution in [0.25, 0.3) is 0 Å². The van der Waals surface area contributed by atoms with Gasteiger partial charge in [0.25, 0.3) is 23.6 Å². The van der Waals surface area contributed by atoms with Crippen molar-refractivity contribution in [1.29, 1.82) is 0 Å². The number of aromatic hydroxyl groups is 1. The van der Waals surface area contributed by atoms with Gasteiger partial charge in [-0.2, -0.15) is 0 Å². The second-order valence-electron chi connectivity index (χ2n) is 31.7. The van der Waals surface area contributed by atoms with E-state index in [4.69, 9.17) is 47.4 Å². The summed E-state index contributed by atoms with van der Waals surface area (Å²) < 4.78 is 55.9. The number of phenolic OH excluding ortho intramolecular Hbond substituents is 1. The number of rotatable bonds is 72. The number of ether oxygens (including phenoxy) is 10. The number of imide groups is 2. The molecule has 13 amide bonds. The van der Waals surface area contributed by atoms with Crippen LogP contribution in [0, 0.1) is 11.3 Å². The molecule has 5 atom stereocenters. The maximum atomic E-state index is 14.2. The lowest BCUT2D eigenvalue weighted by atomic mass is 9.78. The third-order valence-electron chi connectivity index (χ3n) is 19.0. The fourth-order valence-electron chi connectivity index (χ4n) is 11.9. The third-order valence-corrected chi connectivity index (χ3v) is 19.0. The Morgan fingerprint density at radius 1 is 0.418 bits per heavy atom. The Labute approximate surface area is 717 Å². The summed E-state index contributed by atoms with van der Waals surface area (Å²) in [4.78, 5) is 184. The normalized spacial score (nSPS) is 13.9. The second-order valence-corrected chi connectivity index (χ2v) is 31.7. The summed E-state index contributed by atoms with van der Waals surface area (Å²) in [7, 11) is 1.68. The van der Waals surface area contributed by atoms with E-state index in [1.807, 2.05) is 0 Å². The zero-order valence-electron chi connectivity index (χ0n) is 73.0. The molecule has 0 saturated heterocycles. The quantitative estimate of drug-likeness (QED) is 0.0240. The van der Waals surface area contributed by atoms with Crippen LogP contribution in [-0.4, -0.2) is 291 Å². The van der Waals surface area contributed by atoms with Gasteiger partial charge in [-0.1, -0.05) is 33.8 Å². The van der Waals surface area contributed by atoms with E-state index in [2.05, 4.69) is 75.5 Å². The maximum Gasteiger partial charge on any atom is 0.407 e. The number of nitrogens with one attached hydrogen (secondary N) is 9. The molecule has 2 heterocycles. The molecule has 37 nitrogen and oxygen atoms in total. The summed E-state index contributed by atoms with van der Waals surface area (Å²) in [6.45, 7) is 22.9. The molecule has 37 heteroatoms. The molecule has 3 rings (SSSR count). The SMILES string of the molecule is COCCCOCCCOCCCOCCCOCCCOCCCOCCCOCCCOCCCC(=O)NCCCCC(NC(=O)CCCNC(=O)[C@@H](NC(=O)CCN1C(=O)C=CC1=O)[C@@H](NC(=O)CCN1C(=O)C=CC1=O)C(=O)NCCCC(=O)O)C(=O)NCCCC(=O)Nc1cc(C[C@@H](C[C@H](C)C(C)(C)C)NC(=O)OC(C)(C)C)ccc1O. The summed E-state index contributed by atoms with van der Waals surface area (Å²) in [6.07, 6.45) is 10.4. The summed E-state index contributed by atoms with van der Waals surface area (Å²) in [5, 5.41) is 43.8. The van der Waals surface area contributed by atoms with Crippen LogP contribution in [0.3, 0.4) is 0 Å². The van der Waals surface area contributed by atoms with E-state index in [0.29, 0.717) is 151 Å². The molecular weight excluding hydrogens is 1590 g/mol. The van der Waals surface area contributed by atoms with Crippen LogP contribution in [0.5, 0.6) is 5.75 Å². The van der Waals surface area contributed by atoms with Gasteiger partial charge in [0.15, 0.2) is 0 Å². The standard InChI is InChI=1S/C85H139N11O26/c1-62(84(2,3)4)59-64(90-83(112)122-85(5,6)7)60-63-28-29-67(97)66(61-63)92-70(100)25-11-37-87-80(109)65(23-9-10-36-86-68(98)26-14-43-114-45-16-47-116-49-18-51-118-53-20-55-120-57-22-58-121-56-21-54-119-52-19-50-117-48-17-46-115-44-15-42-113-8)91-69(99)24-12-38-88-81(110)78(93-71(101)34-40-95-73(103)30-31-74(95)104)79(82(111)89-39-13-27-77(107)108)94-72(102)35-41-96-75(105)32-33-76(96)106/h28-33,61-62,64-65,78-79,97H,9-27,34-60H2,1-8H3,(H,86,98)(H,87,109)(H,88,110)(H,89,111)(H,90,112)(H,91,99)(H,92,100)(H,93,101)(H,94,102)(H,107,108)/t62-,64+,65?,78-,79+/m0/s1. The van der Waals surface area contributed by atoms with Gasteiger partial charge in [0.2, 0.25) is 47.3 Å². The van der Waals surface area contributed by atoms with Gasteiger partial charge in [0.05, 0.1) is 5.69 Å². The van der Waals surface area contributed by atoms with Crippen molar-refractivity contribution in [3.63, 3.8) is 0 Å². The van der Waals surface area contributed by atoms with Crippen molar-refractivity contribution in [2.45, 2.75) is 226 Å². The average molecular weight is 1730 g/mol. The van der Waals surface area contributed by atoms with Crippen LogP contribution >= 0.6 is 0 Å². The molecule has 11 N–H and O–H groups in total. The minimum absolute atomic E-state index is 0.0200. The zero-order chi connectivity index (χ0) is 89.8. The molecule has 2 aliphatic rings. The number of phenols is 1. The first-order chi connectivity index (χ1) is 58.4. The predicted molar refractivity (Wildman–Crippen MR) is 449 cm³/mol. The number of benzene rings is 1. The van der Waals surface area contributed by atoms with Crippen LogP contribution < -0.4 is 47.9 Å². The first-order valence-corrected chi connectivity index (χ1v) is 42.9. The van der Waals surface area contributed by atoms with Crippen LogP contribution in [0.2, 0.25) is 0 Å². The number of amides is 13. The molecule has 1 unspecified atom stereocenters. The Balaban J connectivity index is 1.50. The number of hydrogen-bond acceptors (Lipinski definition) is 25. The molecular formula is C85H139N11O26. The van der Waals surface area contributed by atoms with Crippen molar-refractivity contribution in [2.75, 3.05) is 164 Å². The number of anilines is 1. The molecule has 0 fully saturated rings. The van der Waals surface area contributed by atoms with Gasteiger partial charge >= 0.3 is 12.1 Å². The highest BCUT2D eigenvalue weighted by Gasteiger charge is 2.38. The van der Waals surface area contributed by atoms with Crippen molar-refractivity contribution in [1.82, 2.24) is 52.3 Å². The van der Waals surface area contributed by atoms with Gasteiger partial charge in [-0.3, -0.25) is 72.1 Å². The van der Waals surface area contributed by atoms with Crippen molar-refractivity contribution in [2.24, 2.45) is 11.3 Å². The van der Waals surface area contributed by atoms with E-state index in [9.17, 15) is 77.3 Å². The maximum absolute atomic E-state index is 14.2. The molecule has 1 aromatic carbocycles. The van der Waals surface area contributed by atoms with Crippen molar-refractivity contribution in [3.05, 3.63) is 48.1 Å². The minimum Gasteiger partial charge on any atom is -0.506 e. The van der Waals surface area contributed by atoms with E-state index in [1.54, 1.807) is 40.0 Å². The van der Waals surface area contributed by atoms with Crippen molar-refractivity contribution in [3.8, 4) is 5.75 Å². The number of carbonyl (C=O) groups is 14. The number of alkyl carbamates (subject to hydrolysis) is 1. The molecule has 0 saturated carbocycles. The van der Waals surface area contributed by atoms with Gasteiger partial charge in [-0.25, -0.2) is 4.79 Å². The highest BCUT2D eigenvalue weighted by atomic mass is 16.6. The molecule has 0 aromatic heterocycles. The number of unbranched alkanes of at least 4 members (excludes halogenated alkanes) is 1. The highest BCUT2D eigenvalue weighted by molar-refractivity contribution is 6.13. The Morgan fingerprint density at radius 3 is 1.20 bits per heavy atom. The van der Waals surface area contributed by atoms with E-state index in [1.165, 1.54) is 6.07 Å². The lowest BCUT2D eigenvalue weighted by molar-refractivity contribution is -0.140. The van der Waals surface area contributed by atoms with E-state index in [-0.39, 0.29) is 112 Å². The Kier molecular flexibility index (Phi) is 56.0. The molecule has 690 valence electrons. The monoisotopic (exact) mass is 1730 g/mol. The number of carbonyl (C=O) groups excluding carboxylic acids is 13. The zero-order valence-corrected chi connectivity index (χ0v) is 73.0. The fraction of sp³-hybridized carbons (Fsp3) is 0.718. The number of hydrogen-bond donors (Lipinski definition) is 11. The number of carboxylic acids is 1. The molecule has 0 aliphatic carbocycles. The molecule has 0 radical (unpaired) electrons. The number of carboxylic acid groups (broad SMARTS) is 1. The van der Waals surface area contributed by atoms with Gasteiger partial charge in [0, 0.05) is 228 Å². The molecule has 2 aliphatic heterocycles. The van der Waals surface area contributed by atoms with E-state index in [0.717, 1.165) is 84.6 Å². The fourth-order valence-corrected chi connectivity index (χ4v) is 11.9. The lowest BCUT2D eigenvalue weighted by Crippen LogP contribution is -2.64. The molecule has 0 bridgehead atoms. The smallest absolute Gasteiger partial charge is 0.407 e. The highest BCUT2D eigenvalue weighted by Crippen LogP contribution is 2.31. The molecule has 1 aromatic rings. The van der Waals surface area contributed by atoms with Crippen molar-refractivity contribution >= 4 is 88.6 Å². The van der Waals surface area contributed by atoms with Gasteiger partial charge in [-0.15, -0.1) is 0 Å². The first kappa shape index (κ1) is 107. The predicted octanol–water partition coefficient (Wildman–Crippen LogP) is 4.66. The third kappa shape index (κ3) is 51.8. The Hall–Kier alpha value is -9.08. The number of methoxy groups -OCH3 is 1. The molecule has 0 spiro atoms. The van der Waals surface area contributed by atoms with Crippen LogP contribution in [0.1, 0.15) is 195 Å². The summed E-state index contributed by atoms with van der Waals surface area (Å²) >= 11 is 0. The number of nitrogens with zero attached hydrogens (tertiary/aromatic N) is 2. The Morgan fingerprint density at radius 2 is 0.795 bits per heavy atom. The number of aliphatic carboxylic acids is 1. The van der Waals surface area contributed by atoms with Gasteiger partial charge < -0.3 is 105 Å². The van der Waals surface area contributed by atoms with Crippen LogP contribution in [0.15, 0.2) is 42.5 Å². The average Bonchev–Trinajstić information content (AvgIpc) is 1.07.